The number of aryl methyl sites for hydroxylation is 2. The van der Waals surface area contributed by atoms with Gasteiger partial charge in [0.15, 0.2) is 11.9 Å². The van der Waals surface area contributed by atoms with Gasteiger partial charge in [-0.15, -0.1) is 11.3 Å². The first-order chi connectivity index (χ1) is 24.6. The molecular weight excluding hydrogens is 674 g/mol. The van der Waals surface area contributed by atoms with Crippen LogP contribution in [-0.4, -0.2) is 56.4 Å². The summed E-state index contributed by atoms with van der Waals surface area (Å²) in [6, 6.07) is 14.4. The van der Waals surface area contributed by atoms with Crippen LogP contribution in [0.25, 0.3) is 10.2 Å². The Morgan fingerprint density at radius 3 is 2.25 bits per heavy atom. The van der Waals surface area contributed by atoms with E-state index in [4.69, 9.17) is 38.1 Å². The zero-order valence-corrected chi connectivity index (χ0v) is 29.9. The van der Waals surface area contributed by atoms with Gasteiger partial charge in [-0.3, -0.25) is 9.59 Å². The van der Waals surface area contributed by atoms with Crippen LogP contribution in [-0.2, 0) is 30.3 Å². The van der Waals surface area contributed by atoms with Crippen LogP contribution in [0.5, 0.6) is 28.7 Å². The summed E-state index contributed by atoms with van der Waals surface area (Å²) in [5.74, 6) is 0.971. The number of benzene rings is 3. The predicted octanol–water partition coefficient (Wildman–Crippen LogP) is 7.04. The van der Waals surface area contributed by atoms with Crippen LogP contribution in [0.2, 0.25) is 0 Å². The third kappa shape index (κ3) is 8.34. The smallest absolute Gasteiger partial charge is 0.330 e. The second-order valence-electron chi connectivity index (χ2n) is 12.7. The fourth-order valence-corrected chi connectivity index (χ4v) is 7.43. The van der Waals surface area contributed by atoms with Gasteiger partial charge in [-0.05, 0) is 93.1 Å². The standard InChI is InChI=1S/C39H41NO10S/c1-6-34(41)47-21-28(44-4)20-46-26-11-13-27(14-12-26)48-38(42)24-7-9-25(10-8-24)39(43)50-31-16-15-30(45-5)35-36(31)51-37(40-35)33-19-29-23(3)17-22(2)18-32(29)49-33/h6,11-18,24-25,28,33H,1,7-10,19-21H2,2-5H3. The van der Waals surface area contributed by atoms with E-state index in [-0.39, 0.29) is 43.1 Å². The molecule has 2 unspecified atom stereocenters. The normalized spacial score (nSPS) is 18.6. The fourth-order valence-electron chi connectivity index (χ4n) is 6.37. The second kappa shape index (κ2) is 15.9. The van der Waals surface area contributed by atoms with Gasteiger partial charge in [-0.2, -0.15) is 0 Å². The Hall–Kier alpha value is -4.94. The summed E-state index contributed by atoms with van der Waals surface area (Å²) in [6.45, 7) is 7.70. The molecule has 1 fully saturated rings. The van der Waals surface area contributed by atoms with E-state index in [1.807, 2.05) is 0 Å². The van der Waals surface area contributed by atoms with E-state index in [0.29, 0.717) is 54.2 Å². The molecule has 3 aromatic carbocycles. The van der Waals surface area contributed by atoms with Gasteiger partial charge in [-0.25, -0.2) is 9.78 Å². The summed E-state index contributed by atoms with van der Waals surface area (Å²) >= 11 is 1.45. The molecule has 51 heavy (non-hydrogen) atoms. The summed E-state index contributed by atoms with van der Waals surface area (Å²) < 4.78 is 40.3. The first kappa shape index (κ1) is 35.9. The number of ether oxygens (including phenoxy) is 7. The Kier molecular flexibility index (Phi) is 11.2. The molecule has 0 N–H and O–H groups in total. The molecule has 0 amide bonds. The van der Waals surface area contributed by atoms with Crippen molar-refractivity contribution >= 4 is 39.5 Å². The Bertz CT molecular complexity index is 1910. The minimum absolute atomic E-state index is 0.0289. The van der Waals surface area contributed by atoms with Crippen molar-refractivity contribution in [3.05, 3.63) is 82.9 Å². The average Bonchev–Trinajstić information content (AvgIpc) is 3.78. The molecule has 11 nitrogen and oxygen atoms in total. The molecule has 6 rings (SSSR count). The zero-order chi connectivity index (χ0) is 36.1. The highest BCUT2D eigenvalue weighted by Gasteiger charge is 2.34. The van der Waals surface area contributed by atoms with Gasteiger partial charge in [0, 0.05) is 25.2 Å². The lowest BCUT2D eigenvalue weighted by Gasteiger charge is -2.25. The molecule has 0 bridgehead atoms. The molecule has 4 aromatic rings. The molecule has 1 aliphatic heterocycles. The van der Waals surface area contributed by atoms with Crippen LogP contribution < -0.4 is 23.7 Å². The van der Waals surface area contributed by atoms with Crippen molar-refractivity contribution in [3.8, 4) is 28.7 Å². The van der Waals surface area contributed by atoms with Crippen molar-refractivity contribution in [2.45, 2.75) is 58.2 Å². The number of fused-ring (bicyclic) bond motifs is 2. The average molecular weight is 716 g/mol. The number of aromatic nitrogens is 1. The van der Waals surface area contributed by atoms with Crippen molar-refractivity contribution in [1.29, 1.82) is 0 Å². The highest BCUT2D eigenvalue weighted by Crippen LogP contribution is 2.45. The summed E-state index contributed by atoms with van der Waals surface area (Å²) in [5, 5.41) is 0.796. The number of esters is 3. The molecule has 2 heterocycles. The maximum Gasteiger partial charge on any atom is 0.330 e. The maximum absolute atomic E-state index is 13.4. The molecule has 1 aliphatic carbocycles. The van der Waals surface area contributed by atoms with Crippen molar-refractivity contribution in [1.82, 2.24) is 4.98 Å². The van der Waals surface area contributed by atoms with Crippen LogP contribution in [0.15, 0.2) is 61.2 Å². The number of rotatable bonds is 13. The van der Waals surface area contributed by atoms with Crippen molar-refractivity contribution in [2.75, 3.05) is 27.4 Å². The number of carbonyl (C=O) groups is 3. The molecule has 2 atom stereocenters. The Morgan fingerprint density at radius 1 is 0.922 bits per heavy atom. The lowest BCUT2D eigenvalue weighted by atomic mass is 9.82. The lowest BCUT2D eigenvalue weighted by Crippen LogP contribution is -2.30. The molecule has 0 radical (unpaired) electrons. The molecule has 268 valence electrons. The van der Waals surface area contributed by atoms with E-state index in [1.165, 1.54) is 29.6 Å². The largest absolute Gasteiger partial charge is 0.494 e. The summed E-state index contributed by atoms with van der Waals surface area (Å²) in [7, 11) is 3.09. The van der Waals surface area contributed by atoms with Gasteiger partial charge in [0.2, 0.25) is 0 Å². The third-order valence-corrected chi connectivity index (χ3v) is 10.4. The van der Waals surface area contributed by atoms with Gasteiger partial charge in [0.25, 0.3) is 0 Å². The Labute approximate surface area is 300 Å². The first-order valence-electron chi connectivity index (χ1n) is 16.9. The highest BCUT2D eigenvalue weighted by atomic mass is 32.1. The summed E-state index contributed by atoms with van der Waals surface area (Å²) in [4.78, 5) is 42.5. The summed E-state index contributed by atoms with van der Waals surface area (Å²) in [5.41, 5.74) is 4.16. The van der Waals surface area contributed by atoms with Crippen molar-refractivity contribution in [2.24, 2.45) is 11.8 Å². The van der Waals surface area contributed by atoms with Crippen molar-refractivity contribution < 1.29 is 47.5 Å². The number of thiazole rings is 1. The van der Waals surface area contributed by atoms with Crippen LogP contribution in [0.3, 0.4) is 0 Å². The number of hydrogen-bond acceptors (Lipinski definition) is 12. The van der Waals surface area contributed by atoms with Crippen molar-refractivity contribution in [3.63, 3.8) is 0 Å². The van der Waals surface area contributed by atoms with Crippen LogP contribution in [0, 0.1) is 25.7 Å². The molecule has 12 heteroatoms. The van der Waals surface area contributed by atoms with E-state index in [9.17, 15) is 14.4 Å². The minimum atomic E-state index is -0.538. The number of nitrogens with zero attached hydrogens (tertiary/aromatic N) is 1. The molecule has 0 saturated heterocycles. The van der Waals surface area contributed by atoms with Crippen LogP contribution >= 0.6 is 11.3 Å². The quantitative estimate of drug-likeness (QED) is 0.0803. The summed E-state index contributed by atoms with van der Waals surface area (Å²) in [6.07, 6.45) is 3.15. The Morgan fingerprint density at radius 2 is 1.59 bits per heavy atom. The van der Waals surface area contributed by atoms with E-state index in [0.717, 1.165) is 33.5 Å². The van der Waals surface area contributed by atoms with Crippen LogP contribution in [0.4, 0.5) is 0 Å². The maximum atomic E-state index is 13.4. The van der Waals surface area contributed by atoms with E-state index < -0.39 is 12.1 Å². The first-order valence-corrected chi connectivity index (χ1v) is 17.7. The van der Waals surface area contributed by atoms with E-state index in [1.54, 1.807) is 43.5 Å². The van der Waals surface area contributed by atoms with Gasteiger partial charge < -0.3 is 33.2 Å². The number of methoxy groups -OCH3 is 2. The molecule has 1 aromatic heterocycles. The monoisotopic (exact) mass is 715 g/mol. The molecule has 1 saturated carbocycles. The topological polar surface area (TPSA) is 129 Å². The lowest BCUT2D eigenvalue weighted by molar-refractivity contribution is -0.145. The number of hydrogen-bond donors (Lipinski definition) is 0. The zero-order valence-electron chi connectivity index (χ0n) is 29.1. The van der Waals surface area contributed by atoms with Gasteiger partial charge >= 0.3 is 17.9 Å². The van der Waals surface area contributed by atoms with E-state index >= 15 is 0 Å². The van der Waals surface area contributed by atoms with Gasteiger partial charge in [0.1, 0.15) is 57.5 Å². The predicted molar refractivity (Wildman–Crippen MR) is 190 cm³/mol. The highest BCUT2D eigenvalue weighted by molar-refractivity contribution is 7.19. The molecule has 2 aliphatic rings. The minimum Gasteiger partial charge on any atom is -0.494 e. The van der Waals surface area contributed by atoms with Crippen LogP contribution in [0.1, 0.15) is 53.5 Å². The van der Waals surface area contributed by atoms with E-state index in [2.05, 4.69) is 32.6 Å². The number of carbonyl (C=O) groups excluding carboxylic acids is 3. The third-order valence-electron chi connectivity index (χ3n) is 9.21. The SMILES string of the molecule is C=CC(=O)OCC(COc1ccc(OC(=O)C2CCC(C(=O)Oc3ccc(OC)c4nc(C5Cc6c(C)cc(C)cc6O5)sc34)CC2)cc1)OC. The second-order valence-corrected chi connectivity index (χ2v) is 13.8. The Balaban J connectivity index is 1.01. The molecular formula is C39H41NO10S. The fraction of sp³-hybridized carbons (Fsp3) is 0.385. The van der Waals surface area contributed by atoms with Gasteiger partial charge in [-0.1, -0.05) is 12.6 Å². The van der Waals surface area contributed by atoms with Gasteiger partial charge in [0.05, 0.1) is 18.9 Å². The molecule has 0 spiro atoms.